The van der Waals surface area contributed by atoms with Crippen LogP contribution in [-0.2, 0) is 13.1 Å². The van der Waals surface area contributed by atoms with Gasteiger partial charge in [0, 0.05) is 38.6 Å². The van der Waals surface area contributed by atoms with Crippen LogP contribution in [0, 0.1) is 6.92 Å². The third-order valence-electron chi connectivity index (χ3n) is 3.49. The van der Waals surface area contributed by atoms with Gasteiger partial charge in [0.05, 0.1) is 11.3 Å². The van der Waals surface area contributed by atoms with Gasteiger partial charge in [0.2, 0.25) is 0 Å². The molecule has 0 saturated carbocycles. The van der Waals surface area contributed by atoms with Gasteiger partial charge in [-0.2, -0.15) is 0 Å². The van der Waals surface area contributed by atoms with Crippen LogP contribution in [0.5, 0.6) is 0 Å². The zero-order valence-electron chi connectivity index (χ0n) is 14.7. The van der Waals surface area contributed by atoms with E-state index in [4.69, 9.17) is 0 Å². The van der Waals surface area contributed by atoms with Crippen molar-refractivity contribution in [3.05, 3.63) is 46.5 Å². The van der Waals surface area contributed by atoms with Gasteiger partial charge in [-0.15, -0.1) is 11.3 Å². The normalized spacial score (nSPS) is 12.0. The number of aromatic nitrogens is 1. The summed E-state index contributed by atoms with van der Waals surface area (Å²) < 4.78 is 0. The fraction of sp³-hybridized carbons (Fsp3) is 0.500. The minimum absolute atomic E-state index is 0.622. The summed E-state index contributed by atoms with van der Waals surface area (Å²) in [6, 6.07) is 10.4. The Morgan fingerprint density at radius 3 is 2.30 bits per heavy atom. The second kappa shape index (κ2) is 7.43. The van der Waals surface area contributed by atoms with E-state index in [-0.39, 0.29) is 0 Å². The molecule has 1 N–H and O–H groups in total. The second-order valence-electron chi connectivity index (χ2n) is 6.84. The molecule has 2 aromatic rings. The van der Waals surface area contributed by atoms with E-state index in [0.29, 0.717) is 6.54 Å². The summed E-state index contributed by atoms with van der Waals surface area (Å²) in [5, 5.41) is 11.3. The SMILES string of the molecule is Cc1nc(N(C)C)sc1CN(Cc1ccccc1)CC(C)(C)O. The molecule has 1 aromatic carbocycles. The molecule has 0 spiro atoms. The minimum atomic E-state index is -0.724. The Morgan fingerprint density at radius 2 is 1.78 bits per heavy atom. The number of aryl methyl sites for hydroxylation is 1. The third-order valence-corrected chi connectivity index (χ3v) is 4.80. The predicted molar refractivity (Wildman–Crippen MR) is 98.0 cm³/mol. The number of hydrogen-bond donors (Lipinski definition) is 1. The molecule has 1 aromatic heterocycles. The van der Waals surface area contributed by atoms with Crippen LogP contribution >= 0.6 is 11.3 Å². The van der Waals surface area contributed by atoms with Crippen LogP contribution in [0.15, 0.2) is 30.3 Å². The van der Waals surface area contributed by atoms with Gasteiger partial charge in [-0.25, -0.2) is 4.98 Å². The average Bonchev–Trinajstić information content (AvgIpc) is 2.80. The Morgan fingerprint density at radius 1 is 1.13 bits per heavy atom. The van der Waals surface area contributed by atoms with E-state index in [1.165, 1.54) is 10.4 Å². The van der Waals surface area contributed by atoms with E-state index in [1.54, 1.807) is 11.3 Å². The average molecular weight is 334 g/mol. The van der Waals surface area contributed by atoms with Crippen LogP contribution < -0.4 is 4.90 Å². The second-order valence-corrected chi connectivity index (χ2v) is 7.90. The highest BCUT2D eigenvalue weighted by molar-refractivity contribution is 7.15. The Balaban J connectivity index is 2.17. The molecule has 0 radical (unpaired) electrons. The Hall–Kier alpha value is -1.43. The van der Waals surface area contributed by atoms with Crippen molar-refractivity contribution in [3.8, 4) is 0 Å². The molecule has 0 aliphatic heterocycles. The van der Waals surface area contributed by atoms with Crippen LogP contribution in [0.25, 0.3) is 0 Å². The van der Waals surface area contributed by atoms with Gasteiger partial charge in [0.15, 0.2) is 5.13 Å². The van der Waals surface area contributed by atoms with Crippen LogP contribution in [0.4, 0.5) is 5.13 Å². The quantitative estimate of drug-likeness (QED) is 0.844. The zero-order valence-corrected chi connectivity index (χ0v) is 15.5. The first-order chi connectivity index (χ1) is 10.7. The first-order valence-electron chi connectivity index (χ1n) is 7.87. The fourth-order valence-electron chi connectivity index (χ4n) is 2.51. The van der Waals surface area contributed by atoms with Crippen LogP contribution in [0.3, 0.4) is 0 Å². The lowest BCUT2D eigenvalue weighted by Gasteiger charge is -2.29. The fourth-order valence-corrected chi connectivity index (χ4v) is 3.54. The van der Waals surface area contributed by atoms with Crippen molar-refractivity contribution in [1.29, 1.82) is 0 Å². The molecule has 23 heavy (non-hydrogen) atoms. The van der Waals surface area contributed by atoms with Gasteiger partial charge in [-0.05, 0) is 26.3 Å². The zero-order chi connectivity index (χ0) is 17.0. The molecule has 5 heteroatoms. The van der Waals surface area contributed by atoms with E-state index in [9.17, 15) is 5.11 Å². The Labute approximate surface area is 143 Å². The van der Waals surface area contributed by atoms with E-state index < -0.39 is 5.60 Å². The van der Waals surface area contributed by atoms with Gasteiger partial charge in [-0.1, -0.05) is 30.3 Å². The molecule has 0 aliphatic rings. The molecule has 4 nitrogen and oxygen atoms in total. The molecule has 0 fully saturated rings. The van der Waals surface area contributed by atoms with E-state index in [0.717, 1.165) is 23.9 Å². The smallest absolute Gasteiger partial charge is 0.185 e. The first-order valence-corrected chi connectivity index (χ1v) is 8.68. The number of nitrogens with zero attached hydrogens (tertiary/aromatic N) is 3. The summed E-state index contributed by atoms with van der Waals surface area (Å²) in [5.41, 5.74) is 1.61. The molecular formula is C18H27N3OS. The number of rotatable bonds is 7. The summed E-state index contributed by atoms with van der Waals surface area (Å²) in [5.74, 6) is 0. The molecule has 0 atom stereocenters. The monoisotopic (exact) mass is 333 g/mol. The molecule has 0 aliphatic carbocycles. The molecule has 2 rings (SSSR count). The molecule has 1 heterocycles. The van der Waals surface area contributed by atoms with Gasteiger partial charge in [0.25, 0.3) is 0 Å². The highest BCUT2D eigenvalue weighted by Gasteiger charge is 2.21. The number of anilines is 1. The lowest BCUT2D eigenvalue weighted by molar-refractivity contribution is 0.0309. The standard InChI is InChI=1S/C18H27N3OS/c1-14-16(23-17(19-14)20(4)5)12-21(13-18(2,3)22)11-15-9-7-6-8-10-15/h6-10,22H,11-13H2,1-5H3. The van der Waals surface area contributed by atoms with Crippen LogP contribution in [0.1, 0.15) is 30.0 Å². The lowest BCUT2D eigenvalue weighted by atomic mass is 10.1. The molecular weight excluding hydrogens is 306 g/mol. The van der Waals surface area contributed by atoms with Crippen LogP contribution in [-0.4, -0.2) is 41.2 Å². The first kappa shape index (κ1) is 17.9. The summed E-state index contributed by atoms with van der Waals surface area (Å²) in [6.45, 7) is 8.02. The number of benzene rings is 1. The minimum Gasteiger partial charge on any atom is -0.389 e. The summed E-state index contributed by atoms with van der Waals surface area (Å²) in [7, 11) is 4.03. The molecule has 0 bridgehead atoms. The third kappa shape index (κ3) is 5.61. The van der Waals surface area contributed by atoms with Gasteiger partial charge in [-0.3, -0.25) is 4.90 Å². The Bertz CT molecular complexity index is 617. The predicted octanol–water partition coefficient (Wildman–Crippen LogP) is 3.29. The number of thiazole rings is 1. The molecule has 126 valence electrons. The number of aliphatic hydroxyl groups is 1. The van der Waals surface area contributed by atoms with Gasteiger partial charge < -0.3 is 10.0 Å². The highest BCUT2D eigenvalue weighted by Crippen LogP contribution is 2.26. The van der Waals surface area contributed by atoms with Gasteiger partial charge >= 0.3 is 0 Å². The van der Waals surface area contributed by atoms with Crippen molar-refractivity contribution in [3.63, 3.8) is 0 Å². The molecule has 0 unspecified atom stereocenters. The number of hydrogen-bond acceptors (Lipinski definition) is 5. The van der Waals surface area contributed by atoms with Crippen molar-refractivity contribution in [2.45, 2.75) is 39.5 Å². The maximum atomic E-state index is 10.2. The molecule has 0 amide bonds. The maximum absolute atomic E-state index is 10.2. The van der Waals surface area contributed by atoms with Gasteiger partial charge in [0.1, 0.15) is 0 Å². The van der Waals surface area contributed by atoms with Crippen LogP contribution in [0.2, 0.25) is 0 Å². The van der Waals surface area contributed by atoms with E-state index >= 15 is 0 Å². The maximum Gasteiger partial charge on any atom is 0.185 e. The van der Waals surface area contributed by atoms with E-state index in [2.05, 4.69) is 41.1 Å². The molecule has 0 saturated heterocycles. The summed E-state index contributed by atoms with van der Waals surface area (Å²) in [6.07, 6.45) is 0. The Kier molecular flexibility index (Phi) is 5.79. The lowest BCUT2D eigenvalue weighted by Crippen LogP contribution is -2.37. The summed E-state index contributed by atoms with van der Waals surface area (Å²) >= 11 is 1.72. The van der Waals surface area contributed by atoms with Crippen molar-refractivity contribution >= 4 is 16.5 Å². The van der Waals surface area contributed by atoms with Crippen molar-refractivity contribution in [2.75, 3.05) is 25.5 Å². The van der Waals surface area contributed by atoms with Crippen molar-refractivity contribution in [1.82, 2.24) is 9.88 Å². The summed E-state index contributed by atoms with van der Waals surface area (Å²) in [4.78, 5) is 10.2. The van der Waals surface area contributed by atoms with Crippen molar-refractivity contribution in [2.24, 2.45) is 0 Å². The largest absolute Gasteiger partial charge is 0.389 e. The van der Waals surface area contributed by atoms with Crippen molar-refractivity contribution < 1.29 is 5.11 Å². The highest BCUT2D eigenvalue weighted by atomic mass is 32.1. The van der Waals surface area contributed by atoms with E-state index in [1.807, 2.05) is 38.9 Å². The topological polar surface area (TPSA) is 39.6 Å².